The van der Waals surface area contributed by atoms with Gasteiger partial charge in [-0.1, -0.05) is 54.9 Å². The highest BCUT2D eigenvalue weighted by atomic mass is 16.5. The molecule has 8 nitrogen and oxygen atoms in total. The van der Waals surface area contributed by atoms with Crippen LogP contribution >= 0.6 is 0 Å². The summed E-state index contributed by atoms with van der Waals surface area (Å²) in [5.41, 5.74) is 6.93. The Hall–Kier alpha value is -1.77. The predicted octanol–water partition coefficient (Wildman–Crippen LogP) is 7.21. The van der Waals surface area contributed by atoms with E-state index in [1.165, 1.54) is 19.3 Å². The number of carboxylic acid groups (broad SMARTS) is 1. The standard InChI is InChI=1S/C42H68N2O6/c1-25(2)33-27(45)21-41(30(46)24-44-23-26-11-10-12-26)20-19-40(9)39(8)17-13-28-37(5,6)31(50-32(47)22-36(3,4)35(48)49)15-16-38(28,7)29(39)14-18-42(40,43)34(33)41/h25-26,28-31,44,46H,10-24,43H2,1-9H3,(H,48,49)/t28-,29+,30-,31-,38-,39+,40-,41-,42-/m0/s1. The second-order valence-corrected chi connectivity index (χ2v) is 20.3. The molecule has 0 amide bonds. The van der Waals surface area contributed by atoms with Gasteiger partial charge < -0.3 is 26.0 Å². The van der Waals surface area contributed by atoms with Gasteiger partial charge in [0.2, 0.25) is 0 Å². The van der Waals surface area contributed by atoms with Crippen molar-refractivity contribution in [1.82, 2.24) is 5.32 Å². The maximum atomic E-state index is 14.0. The fraction of sp³-hybridized carbons (Fsp3) is 0.881. The van der Waals surface area contributed by atoms with Crippen molar-refractivity contribution in [2.24, 2.45) is 61.9 Å². The van der Waals surface area contributed by atoms with Gasteiger partial charge in [0.15, 0.2) is 5.78 Å². The van der Waals surface area contributed by atoms with Crippen molar-refractivity contribution >= 4 is 17.7 Å². The summed E-state index contributed by atoms with van der Waals surface area (Å²) in [6, 6.07) is 0. The molecule has 8 heteroatoms. The summed E-state index contributed by atoms with van der Waals surface area (Å²) in [4.78, 5) is 38.8. The van der Waals surface area contributed by atoms with Crippen LogP contribution in [0.15, 0.2) is 11.1 Å². The first-order valence-corrected chi connectivity index (χ1v) is 20.0. The van der Waals surface area contributed by atoms with E-state index in [1.54, 1.807) is 13.8 Å². The molecular formula is C42H68N2O6. The summed E-state index contributed by atoms with van der Waals surface area (Å²) in [5, 5.41) is 25.3. The lowest BCUT2D eigenvalue weighted by Gasteiger charge is -2.74. The number of carbonyl (C=O) groups excluding carboxylic acids is 2. The number of rotatable bonds is 10. The fourth-order valence-electron chi connectivity index (χ4n) is 13.4. The second-order valence-electron chi connectivity index (χ2n) is 20.3. The number of ketones is 1. The second kappa shape index (κ2) is 12.4. The topological polar surface area (TPSA) is 139 Å². The molecule has 0 heterocycles. The third kappa shape index (κ3) is 5.33. The number of fused-ring (bicyclic) bond motifs is 7. The van der Waals surface area contributed by atoms with E-state index in [0.29, 0.717) is 30.7 Å². The number of nitrogens with two attached hydrogens (primary N) is 1. The van der Waals surface area contributed by atoms with Crippen LogP contribution in [0.5, 0.6) is 0 Å². The van der Waals surface area contributed by atoms with Crippen LogP contribution in [-0.4, -0.2) is 58.8 Å². The summed E-state index contributed by atoms with van der Waals surface area (Å²) in [6.07, 6.45) is 10.3. The minimum Gasteiger partial charge on any atom is -0.481 e. The molecule has 5 fully saturated rings. The monoisotopic (exact) mass is 697 g/mol. The van der Waals surface area contributed by atoms with Crippen LogP contribution in [0.3, 0.4) is 0 Å². The van der Waals surface area contributed by atoms with Crippen LogP contribution in [0.4, 0.5) is 0 Å². The average Bonchev–Trinajstić information content (AvgIpc) is 3.31. The van der Waals surface area contributed by atoms with Crippen molar-refractivity contribution in [1.29, 1.82) is 0 Å². The zero-order valence-corrected chi connectivity index (χ0v) is 32.7. The van der Waals surface area contributed by atoms with Gasteiger partial charge >= 0.3 is 11.9 Å². The van der Waals surface area contributed by atoms with Gasteiger partial charge in [-0.15, -0.1) is 0 Å². The molecule has 0 aliphatic heterocycles. The third-order valence-electron chi connectivity index (χ3n) is 16.8. The van der Waals surface area contributed by atoms with Gasteiger partial charge in [0.1, 0.15) is 6.10 Å². The Morgan fingerprint density at radius 1 is 0.960 bits per heavy atom. The van der Waals surface area contributed by atoms with Gasteiger partial charge in [-0.05, 0) is 136 Å². The van der Waals surface area contributed by atoms with E-state index in [9.17, 15) is 24.6 Å². The number of aliphatic hydroxyl groups excluding tert-OH is 1. The number of Topliss-reactive ketones (excluding diaryl/α,β-unsaturated/α-hetero) is 1. The number of esters is 1. The molecule has 0 aromatic rings. The molecule has 0 saturated heterocycles. The normalized spacial score (nSPS) is 41.8. The highest BCUT2D eigenvalue weighted by molar-refractivity contribution is 6.01. The van der Waals surface area contributed by atoms with Crippen molar-refractivity contribution in [2.75, 3.05) is 13.1 Å². The largest absolute Gasteiger partial charge is 0.481 e. The van der Waals surface area contributed by atoms with Gasteiger partial charge in [0.05, 0.1) is 17.9 Å². The molecular weight excluding hydrogens is 628 g/mol. The summed E-state index contributed by atoms with van der Waals surface area (Å²) in [5.74, 6) is 0.271. The number of aliphatic carboxylic acids is 1. The molecule has 282 valence electrons. The van der Waals surface area contributed by atoms with E-state index in [4.69, 9.17) is 10.5 Å². The molecule has 0 bridgehead atoms. The number of hydrogen-bond acceptors (Lipinski definition) is 7. The Kier molecular flexibility index (Phi) is 9.42. The molecule has 50 heavy (non-hydrogen) atoms. The number of carboxylic acids is 1. The van der Waals surface area contributed by atoms with Crippen molar-refractivity contribution in [2.45, 2.75) is 164 Å². The lowest BCUT2D eigenvalue weighted by molar-refractivity contribution is -0.238. The first-order chi connectivity index (χ1) is 23.1. The van der Waals surface area contributed by atoms with Crippen LogP contribution in [0, 0.1) is 56.2 Å². The highest BCUT2D eigenvalue weighted by Crippen LogP contribution is 2.77. The summed E-state index contributed by atoms with van der Waals surface area (Å²) < 4.78 is 6.16. The molecule has 0 spiro atoms. The highest BCUT2D eigenvalue weighted by Gasteiger charge is 2.74. The molecule has 0 aromatic carbocycles. The van der Waals surface area contributed by atoms with Crippen LogP contribution in [0.1, 0.15) is 146 Å². The van der Waals surface area contributed by atoms with Crippen molar-refractivity contribution < 1.29 is 29.3 Å². The Labute approximate surface area is 301 Å². The fourth-order valence-corrected chi connectivity index (χ4v) is 13.4. The quantitative estimate of drug-likeness (QED) is 0.176. The van der Waals surface area contributed by atoms with E-state index in [2.05, 4.69) is 53.8 Å². The molecule has 6 aliphatic rings. The Morgan fingerprint density at radius 2 is 1.62 bits per heavy atom. The van der Waals surface area contributed by atoms with Crippen LogP contribution in [0.2, 0.25) is 0 Å². The van der Waals surface area contributed by atoms with E-state index in [-0.39, 0.29) is 45.9 Å². The van der Waals surface area contributed by atoms with Crippen molar-refractivity contribution in [3.8, 4) is 0 Å². The maximum absolute atomic E-state index is 14.0. The van der Waals surface area contributed by atoms with E-state index >= 15 is 0 Å². The first-order valence-electron chi connectivity index (χ1n) is 20.0. The van der Waals surface area contributed by atoms with Crippen LogP contribution in [0.25, 0.3) is 0 Å². The van der Waals surface area contributed by atoms with E-state index in [1.807, 2.05) is 0 Å². The minimum absolute atomic E-state index is 0.0182. The summed E-state index contributed by atoms with van der Waals surface area (Å²) >= 11 is 0. The number of allylic oxidation sites excluding steroid dienone is 1. The first kappa shape index (κ1) is 38.0. The van der Waals surface area contributed by atoms with Gasteiger partial charge in [-0.2, -0.15) is 0 Å². The molecule has 6 rings (SSSR count). The Morgan fingerprint density at radius 3 is 2.22 bits per heavy atom. The zero-order chi connectivity index (χ0) is 36.9. The maximum Gasteiger partial charge on any atom is 0.309 e. The van der Waals surface area contributed by atoms with Crippen LogP contribution < -0.4 is 11.1 Å². The molecule has 9 atom stereocenters. The molecule has 0 aromatic heterocycles. The number of hydrogen-bond donors (Lipinski definition) is 4. The SMILES string of the molecule is CC(C)C1=C2[C@@]([C@@H](O)CNCC3CCC3)(CC[C@]3(C)[C@]2(N)CC[C@@H]2[C@@]4(C)CC[C@H](OC(=O)CC(C)(C)C(=O)O)C(C)(C)[C@@H]4CC[C@]23C)CC1=O. The zero-order valence-electron chi connectivity index (χ0n) is 32.7. The lowest BCUT2D eigenvalue weighted by atomic mass is 9.31. The summed E-state index contributed by atoms with van der Waals surface area (Å²) in [7, 11) is 0. The Balaban J connectivity index is 1.30. The summed E-state index contributed by atoms with van der Waals surface area (Å²) in [6.45, 7) is 20.8. The minimum atomic E-state index is -1.17. The number of carbonyl (C=O) groups is 3. The lowest BCUT2D eigenvalue weighted by Crippen LogP contribution is -2.74. The average molecular weight is 697 g/mol. The van der Waals surface area contributed by atoms with Gasteiger partial charge in [-0.3, -0.25) is 14.4 Å². The number of ether oxygens (including phenoxy) is 1. The van der Waals surface area contributed by atoms with E-state index < -0.39 is 34.4 Å². The third-order valence-corrected chi connectivity index (χ3v) is 16.8. The number of aliphatic hydroxyl groups is 1. The molecule has 0 unspecified atom stereocenters. The number of nitrogens with one attached hydrogen (secondary N) is 1. The molecule has 0 radical (unpaired) electrons. The van der Waals surface area contributed by atoms with Crippen molar-refractivity contribution in [3.05, 3.63) is 11.1 Å². The molecule has 6 aliphatic carbocycles. The van der Waals surface area contributed by atoms with Gasteiger partial charge in [-0.25, -0.2) is 0 Å². The van der Waals surface area contributed by atoms with Crippen LogP contribution in [-0.2, 0) is 19.1 Å². The van der Waals surface area contributed by atoms with Crippen molar-refractivity contribution in [3.63, 3.8) is 0 Å². The predicted molar refractivity (Wildman–Crippen MR) is 195 cm³/mol. The molecule has 5 saturated carbocycles. The smallest absolute Gasteiger partial charge is 0.309 e. The molecule has 5 N–H and O–H groups in total. The Bertz CT molecular complexity index is 1430. The van der Waals surface area contributed by atoms with E-state index in [0.717, 1.165) is 69.1 Å². The van der Waals surface area contributed by atoms with Gasteiger partial charge in [0, 0.05) is 29.3 Å². The van der Waals surface area contributed by atoms with Gasteiger partial charge in [0.25, 0.3) is 0 Å².